The molecule has 0 aliphatic carbocycles. The van der Waals surface area contributed by atoms with Crippen LogP contribution in [-0.2, 0) is 14.3 Å². The first-order valence-electron chi connectivity index (χ1n) is 23.9. The third-order valence-corrected chi connectivity index (χ3v) is 11.6. The minimum atomic E-state index is -1.55. The Kier molecular flexibility index (Phi) is 36.1. The van der Waals surface area contributed by atoms with Crippen molar-refractivity contribution in [3.05, 3.63) is 12.2 Å². The summed E-state index contributed by atoms with van der Waals surface area (Å²) in [5.74, 6) is -0.153. The second-order valence-corrected chi connectivity index (χ2v) is 16.9. The highest BCUT2D eigenvalue weighted by molar-refractivity contribution is 5.76. The van der Waals surface area contributed by atoms with Gasteiger partial charge in [0, 0.05) is 6.42 Å². The fourth-order valence-corrected chi connectivity index (χ4v) is 7.73. The van der Waals surface area contributed by atoms with Gasteiger partial charge >= 0.3 is 0 Å². The number of rotatable bonds is 40. The van der Waals surface area contributed by atoms with E-state index in [2.05, 4.69) is 31.3 Å². The Balaban J connectivity index is 2.25. The van der Waals surface area contributed by atoms with Crippen molar-refractivity contribution in [3.8, 4) is 0 Å². The van der Waals surface area contributed by atoms with Gasteiger partial charge in [0.2, 0.25) is 5.91 Å². The summed E-state index contributed by atoms with van der Waals surface area (Å²) in [6.07, 6.45) is 36.6. The zero-order chi connectivity index (χ0) is 40.9. The molecule has 1 saturated heterocycles. The van der Waals surface area contributed by atoms with Crippen LogP contribution in [0.5, 0.6) is 0 Å². The first kappa shape index (κ1) is 52.9. The van der Waals surface area contributed by atoms with Crippen molar-refractivity contribution >= 4 is 5.91 Å². The molecular weight excluding hydrogens is 707 g/mol. The van der Waals surface area contributed by atoms with Crippen molar-refractivity contribution in [2.75, 3.05) is 13.2 Å². The highest BCUT2D eigenvalue weighted by Gasteiger charge is 2.44. The lowest BCUT2D eigenvalue weighted by Crippen LogP contribution is -2.60. The van der Waals surface area contributed by atoms with Gasteiger partial charge in [-0.15, -0.1) is 0 Å². The number of unbranched alkanes of at least 4 members (excludes halogenated alkanes) is 28. The van der Waals surface area contributed by atoms with Crippen LogP contribution in [0.4, 0.5) is 0 Å². The number of nitrogens with one attached hydrogen (secondary N) is 1. The normalized spacial score (nSPS) is 21.2. The molecule has 0 saturated carbocycles. The molecule has 0 aromatic rings. The Morgan fingerprint density at radius 1 is 0.589 bits per heavy atom. The lowest BCUT2D eigenvalue weighted by Gasteiger charge is -2.40. The number of amides is 1. The molecule has 6 N–H and O–H groups in total. The molecule has 1 aliphatic rings. The van der Waals surface area contributed by atoms with Crippen LogP contribution < -0.4 is 5.32 Å². The van der Waals surface area contributed by atoms with Gasteiger partial charge in [0.1, 0.15) is 24.4 Å². The summed E-state index contributed by atoms with van der Waals surface area (Å²) in [5, 5.41) is 54.3. The van der Waals surface area contributed by atoms with E-state index in [0.717, 1.165) is 64.2 Å². The molecule has 1 rings (SSSR count). The van der Waals surface area contributed by atoms with E-state index in [1.165, 1.54) is 135 Å². The third kappa shape index (κ3) is 28.4. The number of hydrogen-bond acceptors (Lipinski definition) is 8. The molecule has 9 heteroatoms. The Labute approximate surface area is 344 Å². The van der Waals surface area contributed by atoms with Crippen LogP contribution >= 0.6 is 0 Å². The molecule has 9 nitrogen and oxygen atoms in total. The quantitative estimate of drug-likeness (QED) is 0.0265. The standard InChI is InChI=1S/C47H91NO8/c1-3-5-7-9-11-13-15-16-17-18-19-20-21-22-23-24-25-27-28-30-32-34-36-41(50)40(39-55-47-46(54)45(53)44(52)42(38-49)56-47)48-43(51)37-35-33-31-29-26-14-12-10-8-6-4-2/h10,12,40-42,44-47,49-50,52-54H,3-9,11,13-39H2,1-2H3,(H,48,51)/b12-10-. The summed E-state index contributed by atoms with van der Waals surface area (Å²) < 4.78 is 11.2. The fraction of sp³-hybridized carbons (Fsp3) is 0.936. The SMILES string of the molecule is CCCC/C=C\CCCCCCCC(=O)NC(COC1OC(CO)C(O)C(O)C1O)C(O)CCCCCCCCCCCCCCCCCCCCCCCC. The molecule has 56 heavy (non-hydrogen) atoms. The molecule has 332 valence electrons. The van der Waals surface area contributed by atoms with Crippen LogP contribution in [0.3, 0.4) is 0 Å². The first-order valence-corrected chi connectivity index (χ1v) is 23.9. The van der Waals surface area contributed by atoms with Crippen molar-refractivity contribution in [1.29, 1.82) is 0 Å². The molecule has 0 bridgehead atoms. The average molecular weight is 798 g/mol. The number of carbonyl (C=O) groups excluding carboxylic acids is 1. The Hall–Kier alpha value is -1.07. The number of carbonyl (C=O) groups is 1. The summed E-state index contributed by atoms with van der Waals surface area (Å²) in [7, 11) is 0. The maximum atomic E-state index is 12.9. The van der Waals surface area contributed by atoms with Crippen LogP contribution in [0.1, 0.15) is 226 Å². The number of aliphatic hydroxyl groups excluding tert-OH is 5. The van der Waals surface area contributed by atoms with Gasteiger partial charge in [-0.1, -0.05) is 199 Å². The van der Waals surface area contributed by atoms with Gasteiger partial charge in [0.25, 0.3) is 0 Å². The molecule has 0 aromatic carbocycles. The van der Waals surface area contributed by atoms with Crippen molar-refractivity contribution < 1.29 is 39.8 Å². The van der Waals surface area contributed by atoms with Gasteiger partial charge in [0.05, 0.1) is 25.4 Å². The van der Waals surface area contributed by atoms with Gasteiger partial charge in [-0.25, -0.2) is 0 Å². The summed E-state index contributed by atoms with van der Waals surface area (Å²) in [6, 6.07) is -0.718. The zero-order valence-electron chi connectivity index (χ0n) is 36.4. The Bertz CT molecular complexity index is 888. The molecule has 0 radical (unpaired) electrons. The van der Waals surface area contributed by atoms with Gasteiger partial charge in [-0.2, -0.15) is 0 Å². The number of ether oxygens (including phenoxy) is 2. The number of aliphatic hydroxyl groups is 5. The predicted molar refractivity (Wildman–Crippen MR) is 231 cm³/mol. The van der Waals surface area contributed by atoms with E-state index in [1.54, 1.807) is 0 Å². The van der Waals surface area contributed by atoms with Crippen LogP contribution in [0.25, 0.3) is 0 Å². The maximum absolute atomic E-state index is 12.9. The van der Waals surface area contributed by atoms with Crippen molar-refractivity contribution in [2.24, 2.45) is 0 Å². The second kappa shape index (κ2) is 38.2. The minimum absolute atomic E-state index is 0.138. The van der Waals surface area contributed by atoms with E-state index in [0.29, 0.717) is 12.8 Å². The van der Waals surface area contributed by atoms with Gasteiger partial charge < -0.3 is 40.3 Å². The summed E-state index contributed by atoms with van der Waals surface area (Å²) in [4.78, 5) is 12.9. The predicted octanol–water partition coefficient (Wildman–Crippen LogP) is 10.1. The van der Waals surface area contributed by atoms with E-state index >= 15 is 0 Å². The summed E-state index contributed by atoms with van der Waals surface area (Å²) >= 11 is 0. The molecule has 1 fully saturated rings. The Morgan fingerprint density at radius 3 is 1.50 bits per heavy atom. The zero-order valence-corrected chi connectivity index (χ0v) is 36.4. The molecule has 7 unspecified atom stereocenters. The monoisotopic (exact) mass is 798 g/mol. The van der Waals surface area contributed by atoms with Gasteiger partial charge in [0.15, 0.2) is 6.29 Å². The molecule has 0 spiro atoms. The van der Waals surface area contributed by atoms with E-state index < -0.39 is 49.5 Å². The third-order valence-electron chi connectivity index (χ3n) is 11.6. The lowest BCUT2D eigenvalue weighted by atomic mass is 9.99. The molecular formula is C47H91NO8. The topological polar surface area (TPSA) is 149 Å². The largest absolute Gasteiger partial charge is 0.394 e. The van der Waals surface area contributed by atoms with Gasteiger partial charge in [-0.05, 0) is 32.1 Å². The van der Waals surface area contributed by atoms with Crippen LogP contribution in [-0.4, -0.2) is 87.5 Å². The van der Waals surface area contributed by atoms with E-state index in [-0.39, 0.29) is 12.5 Å². The highest BCUT2D eigenvalue weighted by Crippen LogP contribution is 2.23. The number of hydrogen-bond donors (Lipinski definition) is 6. The van der Waals surface area contributed by atoms with Crippen LogP contribution in [0, 0.1) is 0 Å². The highest BCUT2D eigenvalue weighted by atomic mass is 16.7. The van der Waals surface area contributed by atoms with Crippen LogP contribution in [0.2, 0.25) is 0 Å². The second-order valence-electron chi connectivity index (χ2n) is 16.9. The van der Waals surface area contributed by atoms with E-state index in [1.807, 2.05) is 0 Å². The lowest BCUT2D eigenvalue weighted by molar-refractivity contribution is -0.302. The van der Waals surface area contributed by atoms with Crippen molar-refractivity contribution in [1.82, 2.24) is 5.32 Å². The smallest absolute Gasteiger partial charge is 0.220 e. The van der Waals surface area contributed by atoms with E-state index in [4.69, 9.17) is 9.47 Å². The number of allylic oxidation sites excluding steroid dienone is 2. The summed E-state index contributed by atoms with van der Waals surface area (Å²) in [6.45, 7) is 3.80. The first-order chi connectivity index (χ1) is 27.3. The van der Waals surface area contributed by atoms with Crippen LogP contribution in [0.15, 0.2) is 12.2 Å². The molecule has 0 aromatic heterocycles. The molecule has 1 aliphatic heterocycles. The van der Waals surface area contributed by atoms with Crippen molar-refractivity contribution in [2.45, 2.75) is 269 Å². The van der Waals surface area contributed by atoms with Crippen molar-refractivity contribution in [3.63, 3.8) is 0 Å². The Morgan fingerprint density at radius 2 is 1.02 bits per heavy atom. The van der Waals surface area contributed by atoms with E-state index in [9.17, 15) is 30.3 Å². The molecule has 7 atom stereocenters. The van der Waals surface area contributed by atoms with Gasteiger partial charge in [-0.3, -0.25) is 4.79 Å². The maximum Gasteiger partial charge on any atom is 0.220 e. The fourth-order valence-electron chi connectivity index (χ4n) is 7.73. The molecule has 1 amide bonds. The summed E-state index contributed by atoms with van der Waals surface area (Å²) in [5.41, 5.74) is 0. The average Bonchev–Trinajstić information content (AvgIpc) is 3.20. The molecule has 1 heterocycles. The minimum Gasteiger partial charge on any atom is -0.394 e.